The van der Waals surface area contributed by atoms with Crippen molar-refractivity contribution in [3.63, 3.8) is 0 Å². The van der Waals surface area contributed by atoms with Crippen molar-refractivity contribution in [3.8, 4) is 11.1 Å². The summed E-state index contributed by atoms with van der Waals surface area (Å²) in [5.41, 5.74) is 1.32. The van der Waals surface area contributed by atoms with E-state index in [0.29, 0.717) is 18.8 Å². The first kappa shape index (κ1) is 18.0. The fourth-order valence-electron chi connectivity index (χ4n) is 3.77. The standard InChI is InChI=1S/C20H20FN3O2S/c21-16-5-1-14(2-6-16)15-3-7-17(8-4-15)27-22-12-13-9-10-20(11-13)18(25)23-19(26)24-20/h1-8,13,22H,9-12H2,(H2,23,24,25,26). The summed E-state index contributed by atoms with van der Waals surface area (Å²) in [5, 5.41) is 5.12. The van der Waals surface area contributed by atoms with Crippen molar-refractivity contribution in [2.45, 2.75) is 29.7 Å². The van der Waals surface area contributed by atoms with Crippen LogP contribution in [0.2, 0.25) is 0 Å². The molecule has 2 unspecified atom stereocenters. The number of carbonyl (C=O) groups is 2. The van der Waals surface area contributed by atoms with Crippen LogP contribution < -0.4 is 15.4 Å². The lowest BCUT2D eigenvalue weighted by Gasteiger charge is -2.19. The molecule has 1 spiro atoms. The lowest BCUT2D eigenvalue weighted by molar-refractivity contribution is -0.123. The number of amides is 3. The molecule has 2 aliphatic rings. The highest BCUT2D eigenvalue weighted by Gasteiger charge is 2.50. The summed E-state index contributed by atoms with van der Waals surface area (Å²) in [4.78, 5) is 24.4. The predicted molar refractivity (Wildman–Crippen MR) is 102 cm³/mol. The van der Waals surface area contributed by atoms with Gasteiger partial charge in [-0.3, -0.25) is 14.8 Å². The van der Waals surface area contributed by atoms with E-state index in [1.807, 2.05) is 24.3 Å². The fraction of sp³-hybridized carbons (Fsp3) is 0.300. The van der Waals surface area contributed by atoms with Gasteiger partial charge in [0.25, 0.3) is 5.91 Å². The molecule has 140 valence electrons. The first-order valence-electron chi connectivity index (χ1n) is 8.93. The largest absolute Gasteiger partial charge is 0.323 e. The highest BCUT2D eigenvalue weighted by molar-refractivity contribution is 7.97. The molecule has 27 heavy (non-hydrogen) atoms. The molecule has 1 aliphatic heterocycles. The van der Waals surface area contributed by atoms with Crippen LogP contribution in [0.4, 0.5) is 9.18 Å². The highest BCUT2D eigenvalue weighted by atomic mass is 32.2. The Morgan fingerprint density at radius 2 is 1.74 bits per heavy atom. The Morgan fingerprint density at radius 3 is 2.37 bits per heavy atom. The zero-order valence-electron chi connectivity index (χ0n) is 14.6. The van der Waals surface area contributed by atoms with Gasteiger partial charge in [-0.15, -0.1) is 0 Å². The van der Waals surface area contributed by atoms with Crippen molar-refractivity contribution < 1.29 is 14.0 Å². The van der Waals surface area contributed by atoms with Crippen molar-refractivity contribution in [2.24, 2.45) is 5.92 Å². The van der Waals surface area contributed by atoms with E-state index in [9.17, 15) is 14.0 Å². The Morgan fingerprint density at radius 1 is 1.07 bits per heavy atom. The zero-order valence-corrected chi connectivity index (χ0v) is 15.4. The molecular weight excluding hydrogens is 365 g/mol. The number of carbonyl (C=O) groups excluding carboxylic acids is 2. The van der Waals surface area contributed by atoms with Gasteiger partial charge in [0.05, 0.1) is 0 Å². The van der Waals surface area contributed by atoms with Crippen LogP contribution in [0.3, 0.4) is 0 Å². The van der Waals surface area contributed by atoms with Crippen LogP contribution >= 0.6 is 11.9 Å². The SMILES string of the molecule is O=C1NC(=O)C2(CCC(CNSc3ccc(-c4ccc(F)cc4)cc3)C2)N1. The van der Waals surface area contributed by atoms with Crippen LogP contribution in [-0.2, 0) is 4.79 Å². The van der Waals surface area contributed by atoms with Crippen molar-refractivity contribution in [3.05, 3.63) is 54.3 Å². The van der Waals surface area contributed by atoms with Crippen molar-refractivity contribution in [2.75, 3.05) is 6.54 Å². The summed E-state index contributed by atoms with van der Waals surface area (Å²) < 4.78 is 16.4. The van der Waals surface area contributed by atoms with Crippen molar-refractivity contribution >= 4 is 23.9 Å². The third-order valence-electron chi connectivity index (χ3n) is 5.22. The van der Waals surface area contributed by atoms with E-state index in [4.69, 9.17) is 0 Å². The monoisotopic (exact) mass is 385 g/mol. The lowest BCUT2D eigenvalue weighted by Crippen LogP contribution is -2.44. The molecule has 3 N–H and O–H groups in total. The first-order chi connectivity index (χ1) is 13.0. The molecule has 1 aliphatic carbocycles. The Balaban J connectivity index is 1.28. The van der Waals surface area contributed by atoms with E-state index in [0.717, 1.165) is 29.0 Å². The summed E-state index contributed by atoms with van der Waals surface area (Å²) in [5.74, 6) is -0.0855. The van der Waals surface area contributed by atoms with Crippen LogP contribution in [-0.4, -0.2) is 24.0 Å². The second-order valence-corrected chi connectivity index (χ2v) is 8.05. The molecule has 0 aromatic heterocycles. The van der Waals surface area contributed by atoms with Gasteiger partial charge in [0.15, 0.2) is 0 Å². The highest BCUT2D eigenvalue weighted by Crippen LogP contribution is 2.36. The van der Waals surface area contributed by atoms with Crippen LogP contribution in [0, 0.1) is 11.7 Å². The van der Waals surface area contributed by atoms with Gasteiger partial charge in [0.2, 0.25) is 0 Å². The van der Waals surface area contributed by atoms with Crippen LogP contribution in [0.5, 0.6) is 0 Å². The van der Waals surface area contributed by atoms with Gasteiger partial charge in [0.1, 0.15) is 11.4 Å². The molecule has 2 atom stereocenters. The smallest absolute Gasteiger partial charge is 0.322 e. The van der Waals surface area contributed by atoms with E-state index in [2.05, 4.69) is 15.4 Å². The number of urea groups is 1. The third-order valence-corrected chi connectivity index (χ3v) is 6.04. The fourth-order valence-corrected chi connectivity index (χ4v) is 4.53. The molecule has 2 fully saturated rings. The maximum absolute atomic E-state index is 13.0. The topological polar surface area (TPSA) is 70.2 Å². The van der Waals surface area contributed by atoms with Crippen LogP contribution in [0.15, 0.2) is 53.4 Å². The lowest BCUT2D eigenvalue weighted by atomic mass is 9.96. The molecule has 3 amide bonds. The van der Waals surface area contributed by atoms with E-state index in [1.54, 1.807) is 24.1 Å². The molecule has 1 saturated carbocycles. The average Bonchev–Trinajstić information content (AvgIpc) is 3.19. The van der Waals surface area contributed by atoms with E-state index in [-0.39, 0.29) is 17.8 Å². The molecule has 2 aromatic carbocycles. The number of imide groups is 1. The van der Waals surface area contributed by atoms with Gasteiger partial charge >= 0.3 is 6.03 Å². The van der Waals surface area contributed by atoms with Gasteiger partial charge in [-0.2, -0.15) is 0 Å². The molecule has 7 heteroatoms. The number of hydrogen-bond acceptors (Lipinski definition) is 4. The van der Waals surface area contributed by atoms with Gasteiger partial charge in [-0.25, -0.2) is 9.18 Å². The number of benzene rings is 2. The molecular formula is C20H20FN3O2S. The van der Waals surface area contributed by atoms with Gasteiger partial charge in [0, 0.05) is 11.4 Å². The van der Waals surface area contributed by atoms with Gasteiger partial charge in [-0.1, -0.05) is 24.3 Å². The van der Waals surface area contributed by atoms with Crippen LogP contribution in [0.1, 0.15) is 19.3 Å². The molecule has 0 bridgehead atoms. The Hall–Kier alpha value is -2.38. The molecule has 2 aromatic rings. The number of halogens is 1. The maximum atomic E-state index is 13.0. The zero-order chi connectivity index (χ0) is 18.9. The van der Waals surface area contributed by atoms with E-state index in [1.165, 1.54) is 12.1 Å². The first-order valence-corrected chi connectivity index (χ1v) is 9.75. The van der Waals surface area contributed by atoms with Crippen molar-refractivity contribution in [1.82, 2.24) is 15.4 Å². The predicted octanol–water partition coefficient (Wildman–Crippen LogP) is 3.47. The molecule has 5 nitrogen and oxygen atoms in total. The van der Waals surface area contributed by atoms with Crippen LogP contribution in [0.25, 0.3) is 11.1 Å². The Labute approximate surface area is 161 Å². The van der Waals surface area contributed by atoms with Gasteiger partial charge in [-0.05, 0) is 72.5 Å². The molecule has 4 rings (SSSR count). The Kier molecular flexibility index (Phi) is 4.88. The number of rotatable bonds is 5. The second-order valence-electron chi connectivity index (χ2n) is 7.08. The summed E-state index contributed by atoms with van der Waals surface area (Å²) >= 11 is 1.55. The van der Waals surface area contributed by atoms with Crippen molar-refractivity contribution in [1.29, 1.82) is 0 Å². The van der Waals surface area contributed by atoms with E-state index >= 15 is 0 Å². The Bertz CT molecular complexity index is 857. The quantitative estimate of drug-likeness (QED) is 0.545. The summed E-state index contributed by atoms with van der Waals surface area (Å²) in [6.07, 6.45) is 2.26. The summed E-state index contributed by atoms with van der Waals surface area (Å²) in [6, 6.07) is 14.1. The summed E-state index contributed by atoms with van der Waals surface area (Å²) in [6.45, 7) is 0.773. The molecule has 0 radical (unpaired) electrons. The number of nitrogens with one attached hydrogen (secondary N) is 3. The third kappa shape index (κ3) is 3.84. The second kappa shape index (κ2) is 7.32. The van der Waals surface area contributed by atoms with Gasteiger partial charge < -0.3 is 5.32 Å². The minimum atomic E-state index is -0.703. The maximum Gasteiger partial charge on any atom is 0.322 e. The normalized spacial score (nSPS) is 24.3. The molecule has 1 saturated heterocycles. The summed E-state index contributed by atoms with van der Waals surface area (Å²) in [7, 11) is 0. The number of hydrogen-bond donors (Lipinski definition) is 3. The van der Waals surface area contributed by atoms with E-state index < -0.39 is 5.54 Å². The molecule has 1 heterocycles. The average molecular weight is 385 g/mol. The minimum absolute atomic E-state index is 0.195. The minimum Gasteiger partial charge on any atom is -0.323 e.